The minimum atomic E-state index is -0.567. The van der Waals surface area contributed by atoms with Crippen molar-refractivity contribution in [2.75, 3.05) is 5.32 Å². The maximum Gasteiger partial charge on any atom is 0.266 e. The number of carbonyl (C=O) groups excluding carboxylic acids is 1. The van der Waals surface area contributed by atoms with Crippen molar-refractivity contribution in [3.05, 3.63) is 100 Å². The van der Waals surface area contributed by atoms with E-state index < -0.39 is 11.7 Å². The van der Waals surface area contributed by atoms with Crippen LogP contribution in [0.1, 0.15) is 11.1 Å². The van der Waals surface area contributed by atoms with E-state index in [0.29, 0.717) is 28.6 Å². The van der Waals surface area contributed by atoms with Gasteiger partial charge in [0.2, 0.25) is 0 Å². The zero-order valence-corrected chi connectivity index (χ0v) is 16.0. The molecule has 0 radical (unpaired) electrons. The van der Waals surface area contributed by atoms with Crippen molar-refractivity contribution in [3.8, 4) is 11.8 Å². The second-order valence-electron chi connectivity index (χ2n) is 6.12. The molecular formula is C23H16ClFN2O2. The van der Waals surface area contributed by atoms with Gasteiger partial charge in [0.25, 0.3) is 5.91 Å². The van der Waals surface area contributed by atoms with Crippen molar-refractivity contribution in [2.45, 2.75) is 6.61 Å². The normalized spacial score (nSPS) is 10.9. The first kappa shape index (κ1) is 20.1. The van der Waals surface area contributed by atoms with Gasteiger partial charge in [0.15, 0.2) is 0 Å². The lowest BCUT2D eigenvalue weighted by Crippen LogP contribution is -2.13. The van der Waals surface area contributed by atoms with E-state index in [1.54, 1.807) is 36.4 Å². The molecule has 0 bridgehead atoms. The first-order valence-electron chi connectivity index (χ1n) is 8.69. The van der Waals surface area contributed by atoms with Gasteiger partial charge in [-0.1, -0.05) is 35.9 Å². The molecule has 0 atom stereocenters. The van der Waals surface area contributed by atoms with Crippen LogP contribution in [-0.2, 0) is 11.4 Å². The molecule has 0 unspecified atom stereocenters. The molecule has 0 aliphatic carbocycles. The summed E-state index contributed by atoms with van der Waals surface area (Å²) in [5.74, 6) is -0.314. The molecule has 3 rings (SSSR count). The fourth-order valence-corrected chi connectivity index (χ4v) is 2.58. The minimum Gasteiger partial charge on any atom is -0.489 e. The summed E-state index contributed by atoms with van der Waals surface area (Å²) in [5.41, 5.74) is 2.00. The molecule has 3 aromatic rings. The standard InChI is InChI=1S/C23H16ClFN2O2/c24-19-5-1-17(2-6-19)15-29-22-11-3-16(4-12-22)13-18(14-26)23(28)27-21-9-7-20(25)8-10-21/h1-13H,15H2,(H,27,28). The highest BCUT2D eigenvalue weighted by molar-refractivity contribution is 6.30. The third kappa shape index (κ3) is 5.93. The first-order valence-corrected chi connectivity index (χ1v) is 9.07. The van der Waals surface area contributed by atoms with Gasteiger partial charge in [-0.2, -0.15) is 5.26 Å². The molecule has 1 N–H and O–H groups in total. The summed E-state index contributed by atoms with van der Waals surface area (Å²) in [6, 6.07) is 21.6. The predicted octanol–water partition coefficient (Wildman–Crippen LogP) is 5.60. The molecule has 144 valence electrons. The van der Waals surface area contributed by atoms with Crippen LogP contribution < -0.4 is 10.1 Å². The Morgan fingerprint density at radius 2 is 1.69 bits per heavy atom. The molecular weight excluding hydrogens is 391 g/mol. The topological polar surface area (TPSA) is 62.1 Å². The third-order valence-electron chi connectivity index (χ3n) is 3.98. The van der Waals surface area contributed by atoms with Crippen molar-refractivity contribution < 1.29 is 13.9 Å². The number of benzene rings is 3. The summed E-state index contributed by atoms with van der Waals surface area (Å²) in [4.78, 5) is 12.3. The Labute approximate surface area is 172 Å². The lowest BCUT2D eigenvalue weighted by atomic mass is 10.1. The van der Waals surface area contributed by atoms with Gasteiger partial charge < -0.3 is 10.1 Å². The highest BCUT2D eigenvalue weighted by Crippen LogP contribution is 2.18. The lowest BCUT2D eigenvalue weighted by Gasteiger charge is -2.07. The number of hydrogen-bond donors (Lipinski definition) is 1. The van der Waals surface area contributed by atoms with E-state index in [9.17, 15) is 14.4 Å². The van der Waals surface area contributed by atoms with Gasteiger partial charge in [-0.15, -0.1) is 0 Å². The molecule has 0 aromatic heterocycles. The number of carbonyl (C=O) groups is 1. The molecule has 4 nitrogen and oxygen atoms in total. The molecule has 0 aliphatic rings. The van der Waals surface area contributed by atoms with Crippen molar-refractivity contribution in [2.24, 2.45) is 0 Å². The second-order valence-corrected chi connectivity index (χ2v) is 6.55. The number of anilines is 1. The minimum absolute atomic E-state index is 0.0656. The van der Waals surface area contributed by atoms with Crippen LogP contribution in [0.15, 0.2) is 78.4 Å². The Balaban J connectivity index is 1.63. The van der Waals surface area contributed by atoms with E-state index in [-0.39, 0.29) is 5.57 Å². The summed E-state index contributed by atoms with van der Waals surface area (Å²) >= 11 is 5.86. The SMILES string of the molecule is N#CC(=Cc1ccc(OCc2ccc(Cl)cc2)cc1)C(=O)Nc1ccc(F)cc1. The number of amides is 1. The zero-order valence-electron chi connectivity index (χ0n) is 15.2. The average Bonchev–Trinajstić information content (AvgIpc) is 2.74. The summed E-state index contributed by atoms with van der Waals surface area (Å²) < 4.78 is 18.7. The van der Waals surface area contributed by atoms with Crippen LogP contribution in [0.5, 0.6) is 5.75 Å². The van der Waals surface area contributed by atoms with Gasteiger partial charge in [0.1, 0.15) is 29.8 Å². The van der Waals surface area contributed by atoms with Crippen molar-refractivity contribution in [1.82, 2.24) is 0 Å². The lowest BCUT2D eigenvalue weighted by molar-refractivity contribution is -0.112. The Hall–Kier alpha value is -3.62. The summed E-state index contributed by atoms with van der Waals surface area (Å²) in [6.07, 6.45) is 1.47. The van der Waals surface area contributed by atoms with E-state index >= 15 is 0 Å². The molecule has 0 saturated carbocycles. The summed E-state index contributed by atoms with van der Waals surface area (Å²) in [5, 5.41) is 12.5. The molecule has 0 aliphatic heterocycles. The maximum atomic E-state index is 12.9. The van der Waals surface area contributed by atoms with Gasteiger partial charge in [-0.25, -0.2) is 4.39 Å². The van der Waals surface area contributed by atoms with Crippen LogP contribution in [0.4, 0.5) is 10.1 Å². The molecule has 29 heavy (non-hydrogen) atoms. The van der Waals surface area contributed by atoms with Crippen LogP contribution in [0.3, 0.4) is 0 Å². The predicted molar refractivity (Wildman–Crippen MR) is 111 cm³/mol. The average molecular weight is 407 g/mol. The molecule has 0 saturated heterocycles. The van der Waals surface area contributed by atoms with Gasteiger partial charge >= 0.3 is 0 Å². The van der Waals surface area contributed by atoms with Crippen LogP contribution in [0, 0.1) is 17.1 Å². The van der Waals surface area contributed by atoms with Crippen LogP contribution >= 0.6 is 11.6 Å². The summed E-state index contributed by atoms with van der Waals surface area (Å²) in [6.45, 7) is 0.399. The van der Waals surface area contributed by atoms with Gasteiger partial charge in [-0.05, 0) is 65.7 Å². The number of nitrogens with one attached hydrogen (secondary N) is 1. The number of halogens is 2. The number of nitrogens with zero attached hydrogens (tertiary/aromatic N) is 1. The van der Waals surface area contributed by atoms with E-state index in [4.69, 9.17) is 16.3 Å². The van der Waals surface area contributed by atoms with E-state index in [1.165, 1.54) is 30.3 Å². The molecule has 0 heterocycles. The van der Waals surface area contributed by atoms with E-state index in [2.05, 4.69) is 5.32 Å². The largest absolute Gasteiger partial charge is 0.489 e. The third-order valence-corrected chi connectivity index (χ3v) is 4.23. The Morgan fingerprint density at radius 3 is 2.31 bits per heavy atom. The Morgan fingerprint density at radius 1 is 1.03 bits per heavy atom. The maximum absolute atomic E-state index is 12.9. The highest BCUT2D eigenvalue weighted by atomic mass is 35.5. The highest BCUT2D eigenvalue weighted by Gasteiger charge is 2.09. The Kier molecular flexibility index (Phi) is 6.62. The molecule has 0 spiro atoms. The van der Waals surface area contributed by atoms with E-state index in [0.717, 1.165) is 5.56 Å². The quantitative estimate of drug-likeness (QED) is 0.428. The number of nitriles is 1. The molecule has 3 aromatic carbocycles. The van der Waals surface area contributed by atoms with Crippen LogP contribution in [-0.4, -0.2) is 5.91 Å². The summed E-state index contributed by atoms with van der Waals surface area (Å²) in [7, 11) is 0. The Bertz CT molecular complexity index is 1050. The van der Waals surface area contributed by atoms with Gasteiger partial charge in [0.05, 0.1) is 0 Å². The monoisotopic (exact) mass is 406 g/mol. The van der Waals surface area contributed by atoms with Crippen molar-refractivity contribution in [1.29, 1.82) is 5.26 Å². The fraction of sp³-hybridized carbons (Fsp3) is 0.0435. The number of ether oxygens (including phenoxy) is 1. The molecule has 0 fully saturated rings. The molecule has 1 amide bonds. The van der Waals surface area contributed by atoms with Gasteiger partial charge in [0, 0.05) is 10.7 Å². The molecule has 6 heteroatoms. The number of hydrogen-bond acceptors (Lipinski definition) is 3. The second kappa shape index (κ2) is 9.54. The van der Waals surface area contributed by atoms with E-state index in [1.807, 2.05) is 18.2 Å². The number of rotatable bonds is 6. The van der Waals surface area contributed by atoms with Gasteiger partial charge in [-0.3, -0.25) is 4.79 Å². The van der Waals surface area contributed by atoms with Crippen molar-refractivity contribution in [3.63, 3.8) is 0 Å². The fourth-order valence-electron chi connectivity index (χ4n) is 2.45. The first-order chi connectivity index (χ1) is 14.0. The van der Waals surface area contributed by atoms with Crippen LogP contribution in [0.25, 0.3) is 6.08 Å². The smallest absolute Gasteiger partial charge is 0.266 e. The zero-order chi connectivity index (χ0) is 20.6. The van der Waals surface area contributed by atoms with Crippen molar-refractivity contribution >= 4 is 29.3 Å². The van der Waals surface area contributed by atoms with Crippen LogP contribution in [0.2, 0.25) is 5.02 Å².